The molecule has 0 unspecified atom stereocenters. The van der Waals surface area contributed by atoms with E-state index in [0.29, 0.717) is 25.3 Å². The van der Waals surface area contributed by atoms with Gasteiger partial charge in [-0.3, -0.25) is 9.59 Å². The first-order valence-corrected chi connectivity index (χ1v) is 9.04. The molecule has 1 heterocycles. The molecule has 26 heavy (non-hydrogen) atoms. The van der Waals surface area contributed by atoms with E-state index in [1.807, 2.05) is 4.90 Å². The molecule has 0 atom stereocenters. The van der Waals surface area contributed by atoms with E-state index in [1.165, 1.54) is 13.2 Å². The molecule has 2 fully saturated rings. The maximum absolute atomic E-state index is 13.0. The predicted molar refractivity (Wildman–Crippen MR) is 95.7 cm³/mol. The number of halogens is 1. The average Bonchev–Trinajstić information content (AvgIpc) is 3.06. The molecule has 2 N–H and O–H groups in total. The normalized spacial score (nSPS) is 18.8. The quantitative estimate of drug-likeness (QED) is 0.841. The minimum absolute atomic E-state index is 0.124. The number of carbonyl (C=O) groups excluding carboxylic acids is 2. The van der Waals surface area contributed by atoms with E-state index in [4.69, 9.17) is 31.5 Å². The molecular formula is C18H23ClN2O5. The molecule has 142 valence electrons. The fraction of sp³-hybridized carbons (Fsp3) is 0.556. The lowest BCUT2D eigenvalue weighted by Gasteiger charge is -2.40. The second-order valence-electron chi connectivity index (χ2n) is 6.71. The summed E-state index contributed by atoms with van der Waals surface area (Å²) in [5.74, 6) is -0.274. The first-order valence-electron chi connectivity index (χ1n) is 8.66. The maximum Gasteiger partial charge on any atom is 0.255 e. The minimum atomic E-state index is -0.626. The van der Waals surface area contributed by atoms with Crippen LogP contribution in [0.25, 0.3) is 0 Å². The van der Waals surface area contributed by atoms with Crippen LogP contribution in [0.3, 0.4) is 0 Å². The van der Waals surface area contributed by atoms with Crippen molar-refractivity contribution in [3.05, 3.63) is 22.7 Å². The summed E-state index contributed by atoms with van der Waals surface area (Å²) in [5, 5.41) is 0.192. The zero-order valence-electron chi connectivity index (χ0n) is 14.8. The molecule has 1 aliphatic heterocycles. The third-order valence-electron chi connectivity index (χ3n) is 4.89. The van der Waals surface area contributed by atoms with E-state index in [-0.39, 0.29) is 34.6 Å². The Bertz CT molecular complexity index is 703. The highest BCUT2D eigenvalue weighted by atomic mass is 35.5. The van der Waals surface area contributed by atoms with Crippen molar-refractivity contribution in [2.75, 3.05) is 33.4 Å². The van der Waals surface area contributed by atoms with Gasteiger partial charge in [-0.2, -0.15) is 0 Å². The zero-order chi connectivity index (χ0) is 18.7. The van der Waals surface area contributed by atoms with Crippen molar-refractivity contribution in [2.45, 2.75) is 31.3 Å². The Morgan fingerprint density at radius 1 is 1.35 bits per heavy atom. The summed E-state index contributed by atoms with van der Waals surface area (Å²) in [7, 11) is 1.44. The smallest absolute Gasteiger partial charge is 0.255 e. The van der Waals surface area contributed by atoms with Crippen LogP contribution in [-0.4, -0.2) is 55.7 Å². The second-order valence-corrected chi connectivity index (χ2v) is 7.12. The molecule has 1 spiro atoms. The molecule has 1 aromatic rings. The summed E-state index contributed by atoms with van der Waals surface area (Å²) in [5.41, 5.74) is 5.30. The van der Waals surface area contributed by atoms with E-state index in [2.05, 4.69) is 0 Å². The summed E-state index contributed by atoms with van der Waals surface area (Å²) in [6.07, 6.45) is 4.24. The zero-order valence-corrected chi connectivity index (χ0v) is 15.5. The van der Waals surface area contributed by atoms with Gasteiger partial charge in [0.1, 0.15) is 0 Å². The monoisotopic (exact) mass is 382 g/mol. The van der Waals surface area contributed by atoms with E-state index in [1.54, 1.807) is 6.07 Å². The molecule has 0 radical (unpaired) electrons. The molecule has 0 aromatic heterocycles. The fourth-order valence-electron chi connectivity index (χ4n) is 3.65. The van der Waals surface area contributed by atoms with Crippen LogP contribution in [0.15, 0.2) is 12.1 Å². The van der Waals surface area contributed by atoms with Crippen LogP contribution in [0.2, 0.25) is 5.02 Å². The van der Waals surface area contributed by atoms with Gasteiger partial charge >= 0.3 is 0 Å². The minimum Gasteiger partial charge on any atom is -0.493 e. The number of nitrogens with zero attached hydrogens (tertiary/aromatic N) is 1. The molecular weight excluding hydrogens is 360 g/mol. The van der Waals surface area contributed by atoms with E-state index >= 15 is 0 Å². The number of hydrogen-bond donors (Lipinski definition) is 1. The van der Waals surface area contributed by atoms with Gasteiger partial charge < -0.3 is 24.8 Å². The molecule has 2 aliphatic rings. The van der Waals surface area contributed by atoms with Crippen LogP contribution in [0.1, 0.15) is 36.0 Å². The van der Waals surface area contributed by atoms with Crippen LogP contribution in [-0.2, 0) is 9.53 Å². The predicted octanol–water partition coefficient (Wildman–Crippen LogP) is 2.00. The lowest BCUT2D eigenvalue weighted by Crippen LogP contribution is -2.52. The van der Waals surface area contributed by atoms with Crippen molar-refractivity contribution in [3.63, 3.8) is 0 Å². The maximum atomic E-state index is 13.0. The van der Waals surface area contributed by atoms with Gasteiger partial charge in [-0.1, -0.05) is 24.4 Å². The molecule has 1 aliphatic carbocycles. The number of morpholine rings is 1. The second kappa shape index (κ2) is 7.72. The first kappa shape index (κ1) is 18.8. The van der Waals surface area contributed by atoms with Crippen LogP contribution >= 0.6 is 11.6 Å². The molecule has 7 nitrogen and oxygen atoms in total. The largest absolute Gasteiger partial charge is 0.493 e. The average molecular weight is 383 g/mol. The van der Waals surface area contributed by atoms with Gasteiger partial charge in [0.05, 0.1) is 30.9 Å². The van der Waals surface area contributed by atoms with Gasteiger partial charge in [0.15, 0.2) is 18.1 Å². The van der Waals surface area contributed by atoms with E-state index in [0.717, 1.165) is 25.7 Å². The van der Waals surface area contributed by atoms with Gasteiger partial charge in [-0.05, 0) is 25.0 Å². The van der Waals surface area contributed by atoms with Gasteiger partial charge in [0, 0.05) is 12.1 Å². The van der Waals surface area contributed by atoms with Crippen molar-refractivity contribution in [2.24, 2.45) is 5.73 Å². The molecule has 1 aromatic carbocycles. The molecule has 3 rings (SSSR count). The highest BCUT2D eigenvalue weighted by molar-refractivity contribution is 6.32. The lowest BCUT2D eigenvalue weighted by atomic mass is 9.99. The van der Waals surface area contributed by atoms with Crippen LogP contribution in [0, 0.1) is 0 Å². The Balaban J connectivity index is 1.80. The van der Waals surface area contributed by atoms with E-state index < -0.39 is 5.91 Å². The van der Waals surface area contributed by atoms with Gasteiger partial charge in [0.2, 0.25) is 0 Å². The highest BCUT2D eigenvalue weighted by Crippen LogP contribution is 2.38. The molecule has 1 saturated heterocycles. The first-order chi connectivity index (χ1) is 12.4. The van der Waals surface area contributed by atoms with Crippen LogP contribution in [0.5, 0.6) is 11.5 Å². The van der Waals surface area contributed by atoms with Gasteiger partial charge in [0.25, 0.3) is 11.8 Å². The number of hydrogen-bond acceptors (Lipinski definition) is 5. The third-order valence-corrected chi connectivity index (χ3v) is 5.17. The standard InChI is InChI=1S/C18H23ClN2O5/c1-24-14-9-12(8-13(19)16(14)25-10-15(20)22)17(23)21-6-7-26-18(11-21)4-2-3-5-18/h8-9H,2-7,10-11H2,1H3,(H2,20,22). The van der Waals surface area contributed by atoms with Crippen molar-refractivity contribution < 1.29 is 23.8 Å². The summed E-state index contributed by atoms with van der Waals surface area (Å²) in [6.45, 7) is 1.35. The third kappa shape index (κ3) is 3.88. The lowest BCUT2D eigenvalue weighted by molar-refractivity contribution is -0.119. The summed E-state index contributed by atoms with van der Waals surface area (Å²) in [6, 6.07) is 3.10. The highest BCUT2D eigenvalue weighted by Gasteiger charge is 2.40. The van der Waals surface area contributed by atoms with Crippen molar-refractivity contribution >= 4 is 23.4 Å². The SMILES string of the molecule is COc1cc(C(=O)N2CCOC3(CCCC3)C2)cc(Cl)c1OCC(N)=O. The number of methoxy groups -OCH3 is 1. The Hall–Kier alpha value is -1.99. The number of ether oxygens (including phenoxy) is 3. The molecule has 1 saturated carbocycles. The fourth-order valence-corrected chi connectivity index (χ4v) is 3.91. The Labute approximate surface area is 157 Å². The topological polar surface area (TPSA) is 91.1 Å². The molecule has 8 heteroatoms. The van der Waals surface area contributed by atoms with Crippen molar-refractivity contribution in [1.29, 1.82) is 0 Å². The Kier molecular flexibility index (Phi) is 5.58. The number of nitrogens with two attached hydrogens (primary N) is 1. The Morgan fingerprint density at radius 3 is 2.73 bits per heavy atom. The molecule has 0 bridgehead atoms. The number of primary amides is 1. The van der Waals surface area contributed by atoms with Crippen molar-refractivity contribution in [1.82, 2.24) is 4.90 Å². The number of amides is 2. The summed E-state index contributed by atoms with van der Waals surface area (Å²) < 4.78 is 16.5. The van der Waals surface area contributed by atoms with Crippen molar-refractivity contribution in [3.8, 4) is 11.5 Å². The number of carbonyl (C=O) groups is 2. The Morgan fingerprint density at radius 2 is 2.08 bits per heavy atom. The van der Waals surface area contributed by atoms with E-state index in [9.17, 15) is 9.59 Å². The van der Waals surface area contributed by atoms with Gasteiger partial charge in [-0.25, -0.2) is 0 Å². The van der Waals surface area contributed by atoms with Gasteiger partial charge in [-0.15, -0.1) is 0 Å². The summed E-state index contributed by atoms with van der Waals surface area (Å²) in [4.78, 5) is 25.7. The number of rotatable bonds is 5. The van der Waals surface area contributed by atoms with Crippen LogP contribution in [0.4, 0.5) is 0 Å². The molecule has 2 amide bonds. The summed E-state index contributed by atoms with van der Waals surface area (Å²) >= 11 is 6.25. The van der Waals surface area contributed by atoms with Crippen LogP contribution < -0.4 is 15.2 Å². The number of benzene rings is 1.